The van der Waals surface area contributed by atoms with Gasteiger partial charge in [0.05, 0.1) is 17.7 Å². The number of aromatic nitrogens is 3. The van der Waals surface area contributed by atoms with Gasteiger partial charge >= 0.3 is 0 Å². The Morgan fingerprint density at radius 3 is 2.95 bits per heavy atom. The third-order valence-corrected chi connectivity index (χ3v) is 3.09. The van der Waals surface area contributed by atoms with Gasteiger partial charge in [-0.25, -0.2) is 9.97 Å². The Morgan fingerprint density at radius 1 is 1.27 bits per heavy atom. The molecule has 0 atom stereocenters. The molecule has 5 nitrogen and oxygen atoms in total. The number of imidazole rings is 1. The van der Waals surface area contributed by atoms with Gasteiger partial charge in [-0.15, -0.1) is 6.42 Å². The van der Waals surface area contributed by atoms with E-state index in [1.54, 1.807) is 6.20 Å². The van der Waals surface area contributed by atoms with E-state index in [1.165, 1.54) is 0 Å². The summed E-state index contributed by atoms with van der Waals surface area (Å²) in [5.41, 5.74) is 2.35. The van der Waals surface area contributed by atoms with Crippen molar-refractivity contribution in [3.8, 4) is 35.2 Å². The lowest BCUT2D eigenvalue weighted by atomic mass is 10.2. The Bertz CT molecular complexity index is 800. The largest absolute Gasteiger partial charge is 0.494 e. The highest BCUT2D eigenvalue weighted by molar-refractivity contribution is 5.77. The Balaban J connectivity index is 2.05. The predicted molar refractivity (Wildman–Crippen MR) is 84.8 cm³/mol. The van der Waals surface area contributed by atoms with Crippen molar-refractivity contribution in [2.45, 2.75) is 6.92 Å². The van der Waals surface area contributed by atoms with Gasteiger partial charge in [0.15, 0.2) is 5.65 Å². The van der Waals surface area contributed by atoms with Crippen LogP contribution in [0.2, 0.25) is 0 Å². The van der Waals surface area contributed by atoms with Crippen molar-refractivity contribution < 1.29 is 9.47 Å². The van der Waals surface area contributed by atoms with Crippen molar-refractivity contribution >= 4 is 11.2 Å². The molecule has 0 radical (unpaired) electrons. The third-order valence-electron chi connectivity index (χ3n) is 3.09. The molecule has 0 saturated carbocycles. The molecule has 3 aromatic rings. The zero-order chi connectivity index (χ0) is 15.4. The lowest BCUT2D eigenvalue weighted by Crippen LogP contribution is -1.98. The number of aromatic amines is 1. The number of terminal acetylenes is 1. The molecule has 1 N–H and O–H groups in total. The van der Waals surface area contributed by atoms with Crippen LogP contribution in [0.15, 0.2) is 36.5 Å². The topological polar surface area (TPSA) is 60.0 Å². The molecule has 0 spiro atoms. The number of hydrogen-bond donors (Lipinski definition) is 1. The van der Waals surface area contributed by atoms with Gasteiger partial charge in [-0.3, -0.25) is 0 Å². The van der Waals surface area contributed by atoms with Gasteiger partial charge < -0.3 is 14.5 Å². The first-order valence-corrected chi connectivity index (χ1v) is 6.96. The van der Waals surface area contributed by atoms with E-state index in [0.29, 0.717) is 23.8 Å². The molecule has 0 unspecified atom stereocenters. The molecule has 0 aliphatic heterocycles. The molecule has 0 aliphatic rings. The number of H-pyrrole nitrogens is 1. The lowest BCUT2D eigenvalue weighted by molar-refractivity contribution is 0.332. The molecular weight excluding hydrogens is 278 g/mol. The number of fused-ring (bicyclic) bond motifs is 1. The average molecular weight is 293 g/mol. The van der Waals surface area contributed by atoms with E-state index in [1.807, 2.05) is 37.3 Å². The second-order valence-corrected chi connectivity index (χ2v) is 4.54. The van der Waals surface area contributed by atoms with Gasteiger partial charge in [0.2, 0.25) is 0 Å². The van der Waals surface area contributed by atoms with Crippen LogP contribution in [-0.4, -0.2) is 28.2 Å². The van der Waals surface area contributed by atoms with Crippen LogP contribution in [-0.2, 0) is 0 Å². The second-order valence-electron chi connectivity index (χ2n) is 4.54. The van der Waals surface area contributed by atoms with Crippen LogP contribution in [0.4, 0.5) is 0 Å². The molecule has 22 heavy (non-hydrogen) atoms. The van der Waals surface area contributed by atoms with Crippen molar-refractivity contribution in [2.24, 2.45) is 0 Å². The maximum Gasteiger partial charge on any atom is 0.178 e. The molecule has 2 heterocycles. The van der Waals surface area contributed by atoms with E-state index in [2.05, 4.69) is 20.9 Å². The first kappa shape index (κ1) is 14.0. The van der Waals surface area contributed by atoms with Gasteiger partial charge in [-0.1, -0.05) is 5.92 Å². The van der Waals surface area contributed by atoms with Crippen LogP contribution in [0.25, 0.3) is 22.6 Å². The fourth-order valence-corrected chi connectivity index (χ4v) is 2.17. The molecule has 2 aromatic heterocycles. The molecule has 3 rings (SSSR count). The SMILES string of the molecule is C#CCOc1cc(OCC)ccc1-c1nc2ncccc2[nH]1. The molecule has 110 valence electrons. The van der Waals surface area contributed by atoms with Gasteiger partial charge in [0.1, 0.15) is 23.9 Å². The number of ether oxygens (including phenoxy) is 2. The zero-order valence-electron chi connectivity index (χ0n) is 12.2. The normalized spacial score (nSPS) is 10.4. The molecule has 0 fully saturated rings. The predicted octanol–water partition coefficient (Wildman–Crippen LogP) is 3.04. The Hall–Kier alpha value is -3.00. The number of benzene rings is 1. The molecule has 5 heteroatoms. The maximum atomic E-state index is 5.63. The number of nitrogens with zero attached hydrogens (tertiary/aromatic N) is 2. The number of hydrogen-bond acceptors (Lipinski definition) is 4. The first-order valence-electron chi connectivity index (χ1n) is 6.96. The third kappa shape index (κ3) is 2.72. The van der Waals surface area contributed by atoms with E-state index in [0.717, 1.165) is 16.8 Å². The van der Waals surface area contributed by atoms with E-state index in [-0.39, 0.29) is 6.61 Å². The summed E-state index contributed by atoms with van der Waals surface area (Å²) in [4.78, 5) is 11.9. The Morgan fingerprint density at radius 2 is 2.18 bits per heavy atom. The summed E-state index contributed by atoms with van der Waals surface area (Å²) in [6.07, 6.45) is 6.99. The first-order chi connectivity index (χ1) is 10.8. The van der Waals surface area contributed by atoms with E-state index in [9.17, 15) is 0 Å². The summed E-state index contributed by atoms with van der Waals surface area (Å²) in [5.74, 6) is 4.51. The lowest BCUT2D eigenvalue weighted by Gasteiger charge is -2.10. The highest BCUT2D eigenvalue weighted by Gasteiger charge is 2.12. The van der Waals surface area contributed by atoms with Gasteiger partial charge in [-0.2, -0.15) is 0 Å². The summed E-state index contributed by atoms with van der Waals surface area (Å²) in [6.45, 7) is 2.70. The van der Waals surface area contributed by atoms with E-state index >= 15 is 0 Å². The van der Waals surface area contributed by atoms with Crippen LogP contribution >= 0.6 is 0 Å². The summed E-state index contributed by atoms with van der Waals surface area (Å²) in [6, 6.07) is 9.38. The minimum Gasteiger partial charge on any atom is -0.494 e. The molecule has 0 saturated heterocycles. The minimum atomic E-state index is 0.182. The quantitative estimate of drug-likeness (QED) is 0.735. The van der Waals surface area contributed by atoms with E-state index < -0.39 is 0 Å². The van der Waals surface area contributed by atoms with Crippen molar-refractivity contribution in [1.82, 2.24) is 15.0 Å². The molecule has 1 aromatic carbocycles. The summed E-state index contributed by atoms with van der Waals surface area (Å²) in [7, 11) is 0. The number of rotatable bonds is 5. The minimum absolute atomic E-state index is 0.182. The smallest absolute Gasteiger partial charge is 0.178 e. The van der Waals surface area contributed by atoms with Crippen molar-refractivity contribution in [3.05, 3.63) is 36.5 Å². The maximum absolute atomic E-state index is 5.63. The van der Waals surface area contributed by atoms with Gasteiger partial charge in [0, 0.05) is 12.3 Å². The van der Waals surface area contributed by atoms with Gasteiger partial charge in [-0.05, 0) is 31.2 Å². The number of nitrogens with one attached hydrogen (secondary N) is 1. The van der Waals surface area contributed by atoms with Crippen molar-refractivity contribution in [3.63, 3.8) is 0 Å². The Kier molecular flexibility index (Phi) is 3.92. The highest BCUT2D eigenvalue weighted by Crippen LogP contribution is 2.32. The van der Waals surface area contributed by atoms with Crippen LogP contribution in [0.3, 0.4) is 0 Å². The summed E-state index contributed by atoms with van der Waals surface area (Å²) < 4.78 is 11.1. The van der Waals surface area contributed by atoms with Crippen LogP contribution in [0.5, 0.6) is 11.5 Å². The average Bonchev–Trinajstić information content (AvgIpc) is 2.97. The van der Waals surface area contributed by atoms with Crippen molar-refractivity contribution in [1.29, 1.82) is 0 Å². The number of pyridine rings is 1. The molecule has 0 bridgehead atoms. The standard InChI is InChI=1S/C17H15N3O2/c1-3-10-22-15-11-12(21-4-2)7-8-13(15)16-19-14-6-5-9-18-17(14)20-16/h1,5-9,11H,4,10H2,2H3,(H,18,19,20). The fourth-order valence-electron chi connectivity index (χ4n) is 2.17. The highest BCUT2D eigenvalue weighted by atomic mass is 16.5. The summed E-state index contributed by atoms with van der Waals surface area (Å²) in [5, 5.41) is 0. The monoisotopic (exact) mass is 293 g/mol. The van der Waals surface area contributed by atoms with Crippen molar-refractivity contribution in [2.75, 3.05) is 13.2 Å². The fraction of sp³-hybridized carbons (Fsp3) is 0.176. The zero-order valence-corrected chi connectivity index (χ0v) is 12.2. The van der Waals surface area contributed by atoms with Gasteiger partial charge in [0.25, 0.3) is 0 Å². The van der Waals surface area contributed by atoms with Crippen LogP contribution in [0.1, 0.15) is 6.92 Å². The molecule has 0 aliphatic carbocycles. The van der Waals surface area contributed by atoms with Crippen LogP contribution in [0, 0.1) is 12.3 Å². The Labute approximate surface area is 128 Å². The van der Waals surface area contributed by atoms with Crippen LogP contribution < -0.4 is 9.47 Å². The second kappa shape index (κ2) is 6.19. The summed E-state index contributed by atoms with van der Waals surface area (Å²) >= 11 is 0. The van der Waals surface area contributed by atoms with E-state index in [4.69, 9.17) is 15.9 Å². The molecule has 0 amide bonds. The molecular formula is C17H15N3O2.